The zero-order valence-corrected chi connectivity index (χ0v) is 20.7. The van der Waals surface area contributed by atoms with Crippen molar-refractivity contribution in [3.63, 3.8) is 0 Å². The molecular weight excluding hydrogens is 348 g/mol. The number of hydrogen-bond acceptors (Lipinski definition) is 0. The average molecular weight is 395 g/mol. The van der Waals surface area contributed by atoms with Crippen LogP contribution in [0.5, 0.6) is 0 Å². The normalized spacial score (nSPS) is 57.9. The molecule has 0 radical (unpaired) electrons. The predicted octanol–water partition coefficient (Wildman–Crippen LogP) is 7.72. The summed E-state index contributed by atoms with van der Waals surface area (Å²) >= 11 is 0. The number of allylic oxidation sites excluding steroid dienone is 4. The fourth-order valence-corrected chi connectivity index (χ4v) is 10.9. The lowest BCUT2D eigenvalue weighted by Gasteiger charge is -2.39. The first-order valence-electron chi connectivity index (χ1n) is 12.7. The summed E-state index contributed by atoms with van der Waals surface area (Å²) in [5, 5.41) is 0. The van der Waals surface area contributed by atoms with Crippen LogP contribution in [0.15, 0.2) is 24.3 Å². The minimum Gasteiger partial charge on any atom is -0.0843 e. The van der Waals surface area contributed by atoms with Crippen molar-refractivity contribution in [2.45, 2.75) is 69.2 Å². The summed E-state index contributed by atoms with van der Waals surface area (Å²) in [5.74, 6) is 11.1. The van der Waals surface area contributed by atoms with Crippen molar-refractivity contribution in [3.8, 4) is 0 Å². The number of fused-ring (bicyclic) bond motifs is 11. The first kappa shape index (κ1) is 20.4. The van der Waals surface area contributed by atoms with E-state index in [1.807, 2.05) is 0 Å². The van der Waals surface area contributed by atoms with E-state index >= 15 is 0 Å². The molecule has 29 heavy (non-hydrogen) atoms. The average Bonchev–Trinajstić information content (AvgIpc) is 3.31. The maximum atomic E-state index is 2.58. The fourth-order valence-electron chi connectivity index (χ4n) is 10.9. The Hall–Kier alpha value is -0.520. The first-order chi connectivity index (χ1) is 13.3. The molecule has 0 heteroatoms. The van der Waals surface area contributed by atoms with Gasteiger partial charge in [0.15, 0.2) is 0 Å². The van der Waals surface area contributed by atoms with Gasteiger partial charge in [-0.2, -0.15) is 0 Å². The van der Waals surface area contributed by atoms with E-state index < -0.39 is 0 Å². The molecule has 0 aromatic carbocycles. The minimum atomic E-state index is 0.548. The molecule has 4 saturated carbocycles. The fraction of sp³-hybridized carbons (Fsp3) is 0.862. The molecule has 0 aromatic heterocycles. The highest BCUT2D eigenvalue weighted by Gasteiger charge is 2.73. The third kappa shape index (κ3) is 2.23. The highest BCUT2D eigenvalue weighted by Crippen LogP contribution is 2.78. The second-order valence-corrected chi connectivity index (χ2v) is 14.0. The monoisotopic (exact) mass is 394 g/mol. The second kappa shape index (κ2) is 5.83. The van der Waals surface area contributed by atoms with Crippen molar-refractivity contribution in [2.75, 3.05) is 0 Å². The van der Waals surface area contributed by atoms with Gasteiger partial charge in [0.25, 0.3) is 0 Å². The molecule has 0 nitrogen and oxygen atoms in total. The van der Waals surface area contributed by atoms with Gasteiger partial charge in [-0.1, -0.05) is 93.5 Å². The van der Waals surface area contributed by atoms with E-state index in [0.29, 0.717) is 16.2 Å². The van der Waals surface area contributed by atoms with Gasteiger partial charge in [-0.3, -0.25) is 0 Å². The van der Waals surface area contributed by atoms with Crippen molar-refractivity contribution in [3.05, 3.63) is 24.3 Å². The van der Waals surface area contributed by atoms with Gasteiger partial charge < -0.3 is 0 Å². The van der Waals surface area contributed by atoms with Crippen molar-refractivity contribution >= 4 is 0 Å². The zero-order chi connectivity index (χ0) is 21.3. The molecule has 4 fully saturated rings. The third-order valence-electron chi connectivity index (χ3n) is 12.2. The quantitative estimate of drug-likeness (QED) is 0.291. The lowest BCUT2D eigenvalue weighted by Crippen LogP contribution is -2.34. The maximum Gasteiger partial charge on any atom is -0.0142 e. The van der Waals surface area contributed by atoms with Crippen LogP contribution in [0.3, 0.4) is 0 Å². The summed E-state index contributed by atoms with van der Waals surface area (Å²) < 4.78 is 0. The lowest BCUT2D eigenvalue weighted by atomic mass is 9.66. The van der Waals surface area contributed by atoms with Crippen molar-refractivity contribution in [2.24, 2.45) is 87.3 Å². The second-order valence-electron chi connectivity index (χ2n) is 14.0. The molecule has 0 aliphatic heterocycles. The van der Waals surface area contributed by atoms with Gasteiger partial charge >= 0.3 is 0 Å². The van der Waals surface area contributed by atoms with Crippen molar-refractivity contribution in [1.82, 2.24) is 0 Å². The van der Waals surface area contributed by atoms with E-state index in [1.54, 1.807) is 0 Å². The van der Waals surface area contributed by atoms with Gasteiger partial charge in [-0.05, 0) is 87.3 Å². The van der Waals surface area contributed by atoms with Gasteiger partial charge in [0.1, 0.15) is 0 Å². The molecule has 6 aliphatic carbocycles. The molecule has 0 amide bonds. The van der Waals surface area contributed by atoms with Crippen molar-refractivity contribution < 1.29 is 0 Å². The molecule has 6 rings (SSSR count). The Bertz CT molecular complexity index is 692. The van der Waals surface area contributed by atoms with Crippen LogP contribution in [0.4, 0.5) is 0 Å². The third-order valence-corrected chi connectivity index (χ3v) is 12.2. The molecular formula is C29H46. The van der Waals surface area contributed by atoms with E-state index in [2.05, 4.69) is 93.5 Å². The predicted molar refractivity (Wildman–Crippen MR) is 124 cm³/mol. The van der Waals surface area contributed by atoms with Gasteiger partial charge in [-0.15, -0.1) is 0 Å². The van der Waals surface area contributed by atoms with Gasteiger partial charge in [-0.25, -0.2) is 0 Å². The van der Waals surface area contributed by atoms with Gasteiger partial charge in [0.2, 0.25) is 0 Å². The summed E-state index contributed by atoms with van der Waals surface area (Å²) in [4.78, 5) is 0. The van der Waals surface area contributed by atoms with Crippen LogP contribution < -0.4 is 0 Å². The van der Waals surface area contributed by atoms with Crippen molar-refractivity contribution in [1.29, 1.82) is 0 Å². The topological polar surface area (TPSA) is 0 Å². The van der Waals surface area contributed by atoms with E-state index in [9.17, 15) is 0 Å². The lowest BCUT2D eigenvalue weighted by molar-refractivity contribution is 0.108. The van der Waals surface area contributed by atoms with Crippen LogP contribution in [0.2, 0.25) is 0 Å². The molecule has 6 aliphatic rings. The van der Waals surface area contributed by atoms with Crippen LogP contribution in [-0.4, -0.2) is 0 Å². The van der Waals surface area contributed by atoms with Crippen LogP contribution in [0, 0.1) is 87.3 Å². The van der Waals surface area contributed by atoms with Gasteiger partial charge in [0, 0.05) is 0 Å². The van der Waals surface area contributed by atoms with Gasteiger partial charge in [0.05, 0.1) is 0 Å². The summed E-state index contributed by atoms with van der Waals surface area (Å²) in [7, 11) is 0. The van der Waals surface area contributed by atoms with Crippen LogP contribution >= 0.6 is 0 Å². The Kier molecular flexibility index (Phi) is 4.10. The molecule has 12 atom stereocenters. The Balaban J connectivity index is 0.000000142. The molecule has 12 unspecified atom stereocenters. The highest BCUT2D eigenvalue weighted by atomic mass is 14.8. The number of rotatable bonds is 0. The molecule has 0 spiro atoms. The number of hydrogen-bond donors (Lipinski definition) is 0. The Labute approximate surface area is 181 Å². The van der Waals surface area contributed by atoms with E-state index in [1.165, 1.54) is 0 Å². The molecule has 162 valence electrons. The summed E-state index contributed by atoms with van der Waals surface area (Å²) in [6.07, 6.45) is 10.0. The van der Waals surface area contributed by atoms with Crippen LogP contribution in [0.25, 0.3) is 0 Å². The maximum absolute atomic E-state index is 2.58. The van der Waals surface area contributed by atoms with E-state index in [-0.39, 0.29) is 0 Å². The van der Waals surface area contributed by atoms with E-state index in [0.717, 1.165) is 71.0 Å². The first-order valence-corrected chi connectivity index (χ1v) is 12.7. The molecule has 6 bridgehead atoms. The smallest absolute Gasteiger partial charge is 0.0142 e. The largest absolute Gasteiger partial charge is 0.0843 e. The highest BCUT2D eigenvalue weighted by molar-refractivity contribution is 5.29. The summed E-state index contributed by atoms with van der Waals surface area (Å²) in [5.41, 5.74) is 1.69. The SMILES string of the molecule is CC1C(C)C2C3C(C4C=CC3C4(C)C)C1C2(C)C.CC1C(C)C2C=CC1C2(C)C. The standard InChI is InChI=1S/C18H28.C11H18/c1-9-10(2)16-14-12-8-7-11(17(12,3)4)13(14)15(9)18(16,5)6;1-7-8(2)10-6-5-9(7)11(10,3)4/h7-16H,1-6H3;5-10H,1-4H3. The zero-order valence-electron chi connectivity index (χ0n) is 20.7. The van der Waals surface area contributed by atoms with E-state index in [4.69, 9.17) is 0 Å². The molecule has 0 saturated heterocycles. The molecule has 0 N–H and O–H groups in total. The molecule has 0 aromatic rings. The summed E-state index contributed by atoms with van der Waals surface area (Å²) in [6, 6.07) is 0. The minimum absolute atomic E-state index is 0.548. The van der Waals surface area contributed by atoms with Crippen LogP contribution in [0.1, 0.15) is 69.2 Å². The Morgan fingerprint density at radius 1 is 0.414 bits per heavy atom. The summed E-state index contributed by atoms with van der Waals surface area (Å²) in [6.45, 7) is 24.9. The molecule has 0 heterocycles. The Morgan fingerprint density at radius 3 is 1.03 bits per heavy atom. The Morgan fingerprint density at radius 2 is 0.724 bits per heavy atom. The van der Waals surface area contributed by atoms with Crippen LogP contribution in [-0.2, 0) is 0 Å².